The molecule has 0 radical (unpaired) electrons. The first-order chi connectivity index (χ1) is 11.5. The van der Waals surface area contributed by atoms with Gasteiger partial charge in [-0.1, -0.05) is 11.6 Å². The number of nitro benzene ring substituents is 1. The zero-order valence-corrected chi connectivity index (χ0v) is 13.5. The lowest BCUT2D eigenvalue weighted by molar-refractivity contribution is -0.384. The predicted octanol–water partition coefficient (Wildman–Crippen LogP) is 2.66. The molecule has 0 aliphatic carbocycles. The third kappa shape index (κ3) is 3.12. The van der Waals surface area contributed by atoms with Gasteiger partial charge >= 0.3 is 0 Å². The van der Waals surface area contributed by atoms with Gasteiger partial charge in [0.25, 0.3) is 11.2 Å². The van der Waals surface area contributed by atoms with Crippen LogP contribution in [-0.2, 0) is 11.3 Å². The highest BCUT2D eigenvalue weighted by atomic mass is 35.5. The molecule has 0 bridgehead atoms. The number of hydrogen-bond acceptors (Lipinski definition) is 6. The zero-order valence-electron chi connectivity index (χ0n) is 11.9. The van der Waals surface area contributed by atoms with Crippen LogP contribution in [-0.4, -0.2) is 20.4 Å². The number of anilines is 1. The highest BCUT2D eigenvalue weighted by Crippen LogP contribution is 2.27. The number of carbonyl (C=O) groups excluding carboxylic acids is 1. The van der Waals surface area contributed by atoms with Gasteiger partial charge in [0, 0.05) is 11.8 Å². The Labute approximate surface area is 143 Å². The van der Waals surface area contributed by atoms with Crippen LogP contribution in [0.25, 0.3) is 10.2 Å². The van der Waals surface area contributed by atoms with Gasteiger partial charge in [-0.05, 0) is 23.6 Å². The summed E-state index contributed by atoms with van der Waals surface area (Å²) in [6.45, 7) is -0.254. The van der Waals surface area contributed by atoms with Gasteiger partial charge in [0.1, 0.15) is 16.3 Å². The molecule has 0 spiro atoms. The van der Waals surface area contributed by atoms with Crippen LogP contribution in [0.5, 0.6) is 0 Å². The molecular formula is C14H9ClN4O4S. The van der Waals surface area contributed by atoms with Crippen molar-refractivity contribution >= 4 is 50.4 Å². The van der Waals surface area contributed by atoms with Crippen molar-refractivity contribution < 1.29 is 9.72 Å². The van der Waals surface area contributed by atoms with Crippen molar-refractivity contribution in [2.24, 2.45) is 0 Å². The maximum absolute atomic E-state index is 12.2. The van der Waals surface area contributed by atoms with E-state index in [4.69, 9.17) is 11.6 Å². The SMILES string of the molecule is O=C(Cn1cnc2ccsc2c1=O)Nc1ccc(Cl)c([N+](=O)[O-])c1. The number of nitrogens with zero attached hydrogens (tertiary/aromatic N) is 3. The van der Waals surface area contributed by atoms with Gasteiger partial charge in [-0.2, -0.15) is 0 Å². The monoisotopic (exact) mass is 364 g/mol. The lowest BCUT2D eigenvalue weighted by atomic mass is 10.3. The number of halogens is 1. The van der Waals surface area contributed by atoms with E-state index in [0.717, 1.165) is 6.07 Å². The fourth-order valence-corrected chi connectivity index (χ4v) is 3.06. The van der Waals surface area contributed by atoms with Crippen molar-refractivity contribution in [3.8, 4) is 0 Å². The van der Waals surface area contributed by atoms with Crippen LogP contribution in [0.3, 0.4) is 0 Å². The van der Waals surface area contributed by atoms with Crippen molar-refractivity contribution in [2.45, 2.75) is 6.54 Å². The minimum Gasteiger partial charge on any atom is -0.324 e. The Balaban J connectivity index is 1.80. The minimum absolute atomic E-state index is 0.0263. The summed E-state index contributed by atoms with van der Waals surface area (Å²) in [7, 11) is 0. The molecule has 0 saturated heterocycles. The molecule has 3 rings (SSSR count). The number of carbonyl (C=O) groups is 1. The molecule has 2 heterocycles. The highest BCUT2D eigenvalue weighted by molar-refractivity contribution is 7.17. The largest absolute Gasteiger partial charge is 0.324 e. The van der Waals surface area contributed by atoms with Gasteiger partial charge < -0.3 is 5.32 Å². The van der Waals surface area contributed by atoms with Gasteiger partial charge in [-0.3, -0.25) is 24.3 Å². The molecule has 122 valence electrons. The number of fused-ring (bicyclic) bond motifs is 1. The van der Waals surface area contributed by atoms with Gasteiger partial charge in [0.2, 0.25) is 5.91 Å². The van der Waals surface area contributed by atoms with Crippen molar-refractivity contribution in [3.63, 3.8) is 0 Å². The normalized spacial score (nSPS) is 10.7. The van der Waals surface area contributed by atoms with E-state index in [-0.39, 0.29) is 28.5 Å². The molecule has 1 aromatic carbocycles. The summed E-state index contributed by atoms with van der Waals surface area (Å²) in [6.07, 6.45) is 1.29. The van der Waals surface area contributed by atoms with Crippen molar-refractivity contribution in [2.75, 3.05) is 5.32 Å². The number of aromatic nitrogens is 2. The number of benzene rings is 1. The number of hydrogen-bond donors (Lipinski definition) is 1. The molecule has 1 amide bonds. The third-order valence-electron chi connectivity index (χ3n) is 3.18. The Morgan fingerprint density at radius 3 is 2.96 bits per heavy atom. The summed E-state index contributed by atoms with van der Waals surface area (Å²) >= 11 is 6.96. The van der Waals surface area contributed by atoms with Gasteiger partial charge in [0.15, 0.2) is 0 Å². The van der Waals surface area contributed by atoms with Gasteiger partial charge in [-0.15, -0.1) is 11.3 Å². The maximum Gasteiger partial charge on any atom is 0.289 e. The summed E-state index contributed by atoms with van der Waals surface area (Å²) in [5.41, 5.74) is 0.171. The van der Waals surface area contributed by atoms with E-state index in [0.29, 0.717) is 10.2 Å². The van der Waals surface area contributed by atoms with E-state index in [1.54, 1.807) is 11.4 Å². The summed E-state index contributed by atoms with van der Waals surface area (Å²) in [6, 6.07) is 5.64. The van der Waals surface area contributed by atoms with Crippen LogP contribution in [0.4, 0.5) is 11.4 Å². The molecule has 8 nitrogen and oxygen atoms in total. The van der Waals surface area contributed by atoms with Crippen molar-refractivity contribution in [1.82, 2.24) is 9.55 Å². The van der Waals surface area contributed by atoms with E-state index in [1.165, 1.54) is 34.4 Å². The third-order valence-corrected chi connectivity index (χ3v) is 4.39. The molecule has 1 N–H and O–H groups in total. The van der Waals surface area contributed by atoms with Crippen molar-refractivity contribution in [3.05, 3.63) is 61.5 Å². The Bertz CT molecular complexity index is 1010. The first-order valence-electron chi connectivity index (χ1n) is 6.62. The number of amides is 1. The molecule has 0 fully saturated rings. The average molecular weight is 365 g/mol. The minimum atomic E-state index is -0.642. The van der Waals surface area contributed by atoms with Crippen LogP contribution >= 0.6 is 22.9 Å². The molecule has 0 unspecified atom stereocenters. The second kappa shape index (κ2) is 6.38. The topological polar surface area (TPSA) is 107 Å². The first-order valence-corrected chi connectivity index (χ1v) is 7.88. The maximum atomic E-state index is 12.2. The van der Waals surface area contributed by atoms with Crippen LogP contribution < -0.4 is 10.9 Å². The summed E-state index contributed by atoms with van der Waals surface area (Å²) in [4.78, 5) is 38.6. The van der Waals surface area contributed by atoms with E-state index < -0.39 is 10.8 Å². The number of nitrogens with one attached hydrogen (secondary N) is 1. The van der Waals surface area contributed by atoms with E-state index in [2.05, 4.69) is 10.3 Å². The molecule has 2 aromatic heterocycles. The lowest BCUT2D eigenvalue weighted by Gasteiger charge is -2.07. The Kier molecular flexibility index (Phi) is 4.28. The second-order valence-corrected chi connectivity index (χ2v) is 6.11. The van der Waals surface area contributed by atoms with Crippen LogP contribution in [0.1, 0.15) is 0 Å². The molecule has 10 heteroatoms. The Morgan fingerprint density at radius 2 is 2.21 bits per heavy atom. The second-order valence-electron chi connectivity index (χ2n) is 4.78. The molecular weight excluding hydrogens is 356 g/mol. The number of rotatable bonds is 4. The number of thiophene rings is 1. The van der Waals surface area contributed by atoms with Gasteiger partial charge in [0.05, 0.1) is 16.8 Å². The van der Waals surface area contributed by atoms with E-state index in [9.17, 15) is 19.7 Å². The molecule has 24 heavy (non-hydrogen) atoms. The summed E-state index contributed by atoms with van der Waals surface area (Å²) in [5.74, 6) is -0.508. The first kappa shape index (κ1) is 16.1. The highest BCUT2D eigenvalue weighted by Gasteiger charge is 2.14. The fraction of sp³-hybridized carbons (Fsp3) is 0.0714. The van der Waals surface area contributed by atoms with Crippen molar-refractivity contribution in [1.29, 1.82) is 0 Å². The van der Waals surface area contributed by atoms with Crippen LogP contribution in [0.2, 0.25) is 5.02 Å². The molecule has 0 atom stereocenters. The molecule has 3 aromatic rings. The Hall–Kier alpha value is -2.78. The molecule has 0 aliphatic rings. The predicted molar refractivity (Wildman–Crippen MR) is 90.6 cm³/mol. The molecule has 0 aliphatic heterocycles. The zero-order chi connectivity index (χ0) is 17.3. The quantitative estimate of drug-likeness (QED) is 0.565. The van der Waals surface area contributed by atoms with E-state index >= 15 is 0 Å². The van der Waals surface area contributed by atoms with Gasteiger partial charge in [-0.25, -0.2) is 4.98 Å². The molecule has 0 saturated carbocycles. The smallest absolute Gasteiger partial charge is 0.289 e. The van der Waals surface area contributed by atoms with Crippen LogP contribution in [0.15, 0.2) is 40.8 Å². The average Bonchev–Trinajstić information content (AvgIpc) is 3.01. The van der Waals surface area contributed by atoms with E-state index in [1.807, 2.05) is 0 Å². The van der Waals surface area contributed by atoms with Crippen LogP contribution in [0, 0.1) is 10.1 Å². The summed E-state index contributed by atoms with van der Waals surface area (Å²) in [5, 5.41) is 15.1. The fourth-order valence-electron chi connectivity index (χ4n) is 2.08. The lowest BCUT2D eigenvalue weighted by Crippen LogP contribution is -2.27. The number of nitro groups is 1. The standard InChI is InChI=1S/C14H9ClN4O4S/c15-9-2-1-8(5-11(9)19(22)23)17-12(20)6-18-7-16-10-3-4-24-13(10)14(18)21/h1-5,7H,6H2,(H,17,20). The summed E-state index contributed by atoms with van der Waals surface area (Å²) < 4.78 is 1.64. The Morgan fingerprint density at radius 1 is 1.42 bits per heavy atom.